The number of fused-ring (bicyclic) bond motifs is 2. The molecule has 2 aromatic carbocycles. The standard InChI is InChI=1S/C24H24N2O3S/c27-23(12-10-17-9-11-20-21(16-17)29-15-5-14-28-20)26-13-4-3-7-19(26)24-25-18-6-1-2-8-22(18)30-24/h1-2,6,8-12,16,19H,3-5,7,13-15H2. The molecule has 0 N–H and O–H groups in total. The van der Waals surface area contributed by atoms with Crippen molar-refractivity contribution in [1.29, 1.82) is 0 Å². The van der Waals surface area contributed by atoms with E-state index >= 15 is 0 Å². The van der Waals surface area contributed by atoms with Crippen LogP contribution in [-0.2, 0) is 4.79 Å². The Morgan fingerprint density at radius 3 is 2.83 bits per heavy atom. The maximum Gasteiger partial charge on any atom is 0.247 e. The molecule has 154 valence electrons. The van der Waals surface area contributed by atoms with Crippen LogP contribution in [0.4, 0.5) is 0 Å². The van der Waals surface area contributed by atoms with Gasteiger partial charge < -0.3 is 14.4 Å². The van der Waals surface area contributed by atoms with Crippen LogP contribution in [0.3, 0.4) is 0 Å². The minimum Gasteiger partial charge on any atom is -0.490 e. The molecule has 0 bridgehead atoms. The third kappa shape index (κ3) is 3.92. The van der Waals surface area contributed by atoms with Crippen molar-refractivity contribution in [3.8, 4) is 11.5 Å². The molecule has 2 aliphatic rings. The van der Waals surface area contributed by atoms with Gasteiger partial charge in [-0.2, -0.15) is 0 Å². The Kier molecular flexibility index (Phi) is 5.41. The number of benzene rings is 2. The van der Waals surface area contributed by atoms with E-state index in [2.05, 4.69) is 6.07 Å². The van der Waals surface area contributed by atoms with Gasteiger partial charge in [0.05, 0.1) is 29.5 Å². The zero-order valence-electron chi connectivity index (χ0n) is 16.8. The molecule has 0 radical (unpaired) electrons. The fourth-order valence-corrected chi connectivity index (χ4v) is 5.15. The van der Waals surface area contributed by atoms with Crippen LogP contribution in [0, 0.1) is 0 Å². The summed E-state index contributed by atoms with van der Waals surface area (Å²) in [5, 5.41) is 1.04. The summed E-state index contributed by atoms with van der Waals surface area (Å²) in [4.78, 5) is 19.9. The summed E-state index contributed by atoms with van der Waals surface area (Å²) in [5.41, 5.74) is 1.94. The maximum atomic E-state index is 13.1. The van der Waals surface area contributed by atoms with Gasteiger partial charge in [-0.05, 0) is 55.2 Å². The lowest BCUT2D eigenvalue weighted by atomic mass is 10.0. The number of likely N-dealkylation sites (tertiary alicyclic amines) is 1. The highest BCUT2D eigenvalue weighted by molar-refractivity contribution is 7.18. The molecule has 30 heavy (non-hydrogen) atoms. The van der Waals surface area contributed by atoms with Gasteiger partial charge in [-0.15, -0.1) is 11.3 Å². The van der Waals surface area contributed by atoms with Crippen molar-refractivity contribution < 1.29 is 14.3 Å². The Labute approximate surface area is 179 Å². The molecule has 1 aromatic heterocycles. The van der Waals surface area contributed by atoms with E-state index in [4.69, 9.17) is 14.5 Å². The van der Waals surface area contributed by atoms with Crippen LogP contribution in [0.15, 0.2) is 48.5 Å². The van der Waals surface area contributed by atoms with Crippen LogP contribution in [-0.4, -0.2) is 35.5 Å². The number of piperidine rings is 1. The normalized spacial score (nSPS) is 19.2. The molecular formula is C24H24N2O3S. The highest BCUT2D eigenvalue weighted by Gasteiger charge is 2.29. The minimum atomic E-state index is 0.0334. The molecule has 1 atom stereocenters. The number of thiazole rings is 1. The topological polar surface area (TPSA) is 51.7 Å². The largest absolute Gasteiger partial charge is 0.490 e. The van der Waals surface area contributed by atoms with Crippen LogP contribution in [0.1, 0.15) is 42.3 Å². The third-order valence-corrected chi connectivity index (χ3v) is 6.71. The van der Waals surface area contributed by atoms with Crippen LogP contribution >= 0.6 is 11.3 Å². The van der Waals surface area contributed by atoms with Crippen molar-refractivity contribution in [2.75, 3.05) is 19.8 Å². The summed E-state index contributed by atoms with van der Waals surface area (Å²) in [6.07, 6.45) is 7.52. The molecule has 2 aliphatic heterocycles. The molecule has 0 aliphatic carbocycles. The van der Waals surface area contributed by atoms with Crippen LogP contribution in [0.5, 0.6) is 11.5 Å². The smallest absolute Gasteiger partial charge is 0.247 e. The Hall–Kier alpha value is -2.86. The van der Waals surface area contributed by atoms with Crippen LogP contribution in [0.25, 0.3) is 16.3 Å². The SMILES string of the molecule is O=C(C=Cc1ccc2c(c1)OCCCO2)N1CCCCC1c1nc2ccccc2s1. The van der Waals surface area contributed by atoms with E-state index < -0.39 is 0 Å². The Bertz CT molecular complexity index is 1060. The highest BCUT2D eigenvalue weighted by atomic mass is 32.1. The van der Waals surface area contributed by atoms with Gasteiger partial charge in [-0.1, -0.05) is 18.2 Å². The van der Waals surface area contributed by atoms with E-state index in [1.165, 1.54) is 4.70 Å². The second-order valence-corrected chi connectivity index (χ2v) is 8.72. The van der Waals surface area contributed by atoms with Crippen LogP contribution in [0.2, 0.25) is 0 Å². The minimum absolute atomic E-state index is 0.0334. The van der Waals surface area contributed by atoms with Gasteiger partial charge in [-0.25, -0.2) is 4.98 Å². The molecular weight excluding hydrogens is 396 g/mol. The number of carbonyl (C=O) groups excluding carboxylic acids is 1. The number of amides is 1. The molecule has 1 fully saturated rings. The molecule has 3 heterocycles. The summed E-state index contributed by atoms with van der Waals surface area (Å²) in [6, 6.07) is 14.0. The molecule has 0 saturated carbocycles. The van der Waals surface area contributed by atoms with Crippen LogP contribution < -0.4 is 9.47 Å². The molecule has 6 heteroatoms. The molecule has 5 rings (SSSR count). The number of hydrogen-bond acceptors (Lipinski definition) is 5. The molecule has 1 unspecified atom stereocenters. The van der Waals surface area contributed by atoms with Gasteiger partial charge in [0, 0.05) is 19.0 Å². The second-order valence-electron chi connectivity index (χ2n) is 7.65. The van der Waals surface area contributed by atoms with Gasteiger partial charge in [0.15, 0.2) is 11.5 Å². The first-order valence-corrected chi connectivity index (χ1v) is 11.3. The second kappa shape index (κ2) is 8.48. The first-order chi connectivity index (χ1) is 14.8. The number of aromatic nitrogens is 1. The first kappa shape index (κ1) is 19.1. The fraction of sp³-hybridized carbons (Fsp3) is 0.333. The number of ether oxygens (including phenoxy) is 2. The lowest BCUT2D eigenvalue weighted by Crippen LogP contribution is -2.37. The number of rotatable bonds is 3. The molecule has 1 amide bonds. The van der Waals surface area contributed by atoms with Gasteiger partial charge in [0.25, 0.3) is 0 Å². The molecule has 0 spiro atoms. The monoisotopic (exact) mass is 420 g/mol. The van der Waals surface area contributed by atoms with E-state index in [0.717, 1.165) is 59.8 Å². The van der Waals surface area contributed by atoms with Crippen molar-refractivity contribution in [3.63, 3.8) is 0 Å². The van der Waals surface area contributed by atoms with Crippen molar-refractivity contribution in [2.45, 2.75) is 31.7 Å². The Balaban J connectivity index is 1.35. The van der Waals surface area contributed by atoms with Crippen molar-refractivity contribution in [2.24, 2.45) is 0 Å². The average molecular weight is 421 g/mol. The quantitative estimate of drug-likeness (QED) is 0.545. The summed E-state index contributed by atoms with van der Waals surface area (Å²) in [6.45, 7) is 2.09. The predicted octanol–water partition coefficient (Wildman–Crippen LogP) is 5.22. The van der Waals surface area contributed by atoms with Gasteiger partial charge in [-0.3, -0.25) is 4.79 Å². The number of hydrogen-bond donors (Lipinski definition) is 0. The Morgan fingerprint density at radius 1 is 1.07 bits per heavy atom. The fourth-order valence-electron chi connectivity index (χ4n) is 4.03. The predicted molar refractivity (Wildman–Crippen MR) is 119 cm³/mol. The lowest BCUT2D eigenvalue weighted by molar-refractivity contribution is -0.129. The van der Waals surface area contributed by atoms with Gasteiger partial charge >= 0.3 is 0 Å². The first-order valence-electron chi connectivity index (χ1n) is 10.5. The van der Waals surface area contributed by atoms with Crippen molar-refractivity contribution in [1.82, 2.24) is 9.88 Å². The van der Waals surface area contributed by atoms with Crippen molar-refractivity contribution in [3.05, 3.63) is 59.1 Å². The number of para-hydroxylation sites is 1. The zero-order valence-corrected chi connectivity index (χ0v) is 17.6. The number of carbonyl (C=O) groups is 1. The van der Waals surface area contributed by atoms with E-state index in [1.807, 2.05) is 47.4 Å². The molecule has 3 aromatic rings. The van der Waals surface area contributed by atoms with E-state index in [0.29, 0.717) is 13.2 Å². The Morgan fingerprint density at radius 2 is 1.93 bits per heavy atom. The summed E-state index contributed by atoms with van der Waals surface area (Å²) in [7, 11) is 0. The van der Waals surface area contributed by atoms with Gasteiger partial charge in [0.1, 0.15) is 5.01 Å². The van der Waals surface area contributed by atoms with E-state index in [1.54, 1.807) is 17.4 Å². The third-order valence-electron chi connectivity index (χ3n) is 5.57. The zero-order chi connectivity index (χ0) is 20.3. The lowest BCUT2D eigenvalue weighted by Gasteiger charge is -2.33. The summed E-state index contributed by atoms with van der Waals surface area (Å²) in [5.74, 6) is 1.54. The van der Waals surface area contributed by atoms with Crippen molar-refractivity contribution >= 4 is 33.5 Å². The van der Waals surface area contributed by atoms with E-state index in [9.17, 15) is 4.79 Å². The molecule has 5 nitrogen and oxygen atoms in total. The average Bonchev–Trinajstić information content (AvgIpc) is 3.08. The summed E-state index contributed by atoms with van der Waals surface area (Å²) >= 11 is 1.70. The molecule has 1 saturated heterocycles. The highest BCUT2D eigenvalue weighted by Crippen LogP contribution is 2.36. The van der Waals surface area contributed by atoms with Gasteiger partial charge in [0.2, 0.25) is 5.91 Å². The summed E-state index contributed by atoms with van der Waals surface area (Å²) < 4.78 is 12.6. The maximum absolute atomic E-state index is 13.1. The van der Waals surface area contributed by atoms with E-state index in [-0.39, 0.29) is 11.9 Å². The number of nitrogens with zero attached hydrogens (tertiary/aromatic N) is 2.